The van der Waals surface area contributed by atoms with Crippen molar-refractivity contribution in [2.75, 3.05) is 5.32 Å². The number of carbonyl (C=O) groups excluding carboxylic acids is 1. The zero-order chi connectivity index (χ0) is 15.5. The maximum atomic E-state index is 12.2. The highest BCUT2D eigenvalue weighted by molar-refractivity contribution is 5.91. The van der Waals surface area contributed by atoms with Gasteiger partial charge in [-0.2, -0.15) is 5.10 Å². The molecule has 1 heterocycles. The molecule has 1 aliphatic carbocycles. The number of aryl methyl sites for hydroxylation is 1. The van der Waals surface area contributed by atoms with Crippen LogP contribution in [0, 0.1) is 5.92 Å². The smallest absolute Gasteiger partial charge is 0.228 e. The minimum Gasteiger partial charge on any atom is -0.311 e. The predicted molar refractivity (Wildman–Crippen MR) is 87.8 cm³/mol. The van der Waals surface area contributed by atoms with Crippen LogP contribution in [0.5, 0.6) is 0 Å². The normalized spacial score (nSPS) is 18.5. The van der Waals surface area contributed by atoms with Gasteiger partial charge in [-0.25, -0.2) is 4.68 Å². The Kier molecular flexibility index (Phi) is 4.27. The summed E-state index contributed by atoms with van der Waals surface area (Å²) in [6.45, 7) is 3.98. The SMILES string of the molecule is CC[C@@H](C)C(=O)Nc1ccnn1[C@H]1CCCc2ccccc21. The van der Waals surface area contributed by atoms with Gasteiger partial charge < -0.3 is 5.32 Å². The summed E-state index contributed by atoms with van der Waals surface area (Å²) in [6.07, 6.45) is 5.95. The molecule has 3 rings (SSSR count). The van der Waals surface area contributed by atoms with E-state index in [9.17, 15) is 4.79 Å². The Morgan fingerprint density at radius 3 is 3.05 bits per heavy atom. The van der Waals surface area contributed by atoms with E-state index in [4.69, 9.17) is 0 Å². The first-order chi connectivity index (χ1) is 10.7. The summed E-state index contributed by atoms with van der Waals surface area (Å²) in [6, 6.07) is 10.7. The summed E-state index contributed by atoms with van der Waals surface area (Å²) >= 11 is 0. The molecule has 116 valence electrons. The van der Waals surface area contributed by atoms with Crippen molar-refractivity contribution in [3.8, 4) is 0 Å². The van der Waals surface area contributed by atoms with Crippen molar-refractivity contribution in [1.29, 1.82) is 0 Å². The Morgan fingerprint density at radius 2 is 2.23 bits per heavy atom. The van der Waals surface area contributed by atoms with Crippen LogP contribution in [-0.4, -0.2) is 15.7 Å². The molecule has 0 radical (unpaired) electrons. The second-order valence-corrected chi connectivity index (χ2v) is 6.07. The summed E-state index contributed by atoms with van der Waals surface area (Å²) in [4.78, 5) is 12.2. The molecule has 1 aliphatic rings. The van der Waals surface area contributed by atoms with Crippen molar-refractivity contribution in [1.82, 2.24) is 9.78 Å². The van der Waals surface area contributed by atoms with E-state index in [-0.39, 0.29) is 17.9 Å². The first kappa shape index (κ1) is 14.8. The average molecular weight is 297 g/mol. The number of hydrogen-bond acceptors (Lipinski definition) is 2. The van der Waals surface area contributed by atoms with Gasteiger partial charge in [0.1, 0.15) is 5.82 Å². The molecule has 2 atom stereocenters. The molecule has 2 aromatic rings. The van der Waals surface area contributed by atoms with Gasteiger partial charge in [-0.3, -0.25) is 4.79 Å². The molecule has 1 aromatic heterocycles. The number of rotatable bonds is 4. The van der Waals surface area contributed by atoms with Crippen LogP contribution in [0.2, 0.25) is 0 Å². The zero-order valence-corrected chi connectivity index (χ0v) is 13.2. The van der Waals surface area contributed by atoms with Gasteiger partial charge in [-0.1, -0.05) is 38.1 Å². The van der Waals surface area contributed by atoms with Crippen LogP contribution in [0.25, 0.3) is 0 Å². The van der Waals surface area contributed by atoms with E-state index < -0.39 is 0 Å². The number of fused-ring (bicyclic) bond motifs is 1. The second-order valence-electron chi connectivity index (χ2n) is 6.07. The second kappa shape index (κ2) is 6.34. The van der Waals surface area contributed by atoms with E-state index in [0.717, 1.165) is 31.5 Å². The Labute approximate surface area is 131 Å². The fourth-order valence-corrected chi connectivity index (χ4v) is 3.08. The lowest BCUT2D eigenvalue weighted by molar-refractivity contribution is -0.119. The van der Waals surface area contributed by atoms with Crippen LogP contribution in [-0.2, 0) is 11.2 Å². The third-order valence-electron chi connectivity index (χ3n) is 4.61. The van der Waals surface area contributed by atoms with E-state index in [1.54, 1.807) is 6.20 Å². The molecule has 0 fully saturated rings. The van der Waals surface area contributed by atoms with E-state index in [1.807, 2.05) is 24.6 Å². The molecule has 1 N–H and O–H groups in total. The average Bonchev–Trinajstić information content (AvgIpc) is 3.01. The van der Waals surface area contributed by atoms with Crippen molar-refractivity contribution in [3.63, 3.8) is 0 Å². The molecule has 22 heavy (non-hydrogen) atoms. The number of anilines is 1. The molecule has 4 nitrogen and oxygen atoms in total. The largest absolute Gasteiger partial charge is 0.311 e. The van der Waals surface area contributed by atoms with Crippen LogP contribution in [0.3, 0.4) is 0 Å². The number of amides is 1. The lowest BCUT2D eigenvalue weighted by Gasteiger charge is -2.27. The van der Waals surface area contributed by atoms with Crippen LogP contribution in [0.1, 0.15) is 50.3 Å². The summed E-state index contributed by atoms with van der Waals surface area (Å²) in [5.41, 5.74) is 2.73. The van der Waals surface area contributed by atoms with E-state index >= 15 is 0 Å². The van der Waals surface area contributed by atoms with Crippen molar-refractivity contribution < 1.29 is 4.79 Å². The predicted octanol–water partition coefficient (Wildman–Crippen LogP) is 3.79. The van der Waals surface area contributed by atoms with E-state index in [2.05, 4.69) is 34.7 Å². The molecule has 0 unspecified atom stereocenters. The first-order valence-corrected chi connectivity index (χ1v) is 8.13. The van der Waals surface area contributed by atoms with Gasteiger partial charge in [0, 0.05) is 12.0 Å². The van der Waals surface area contributed by atoms with Crippen molar-refractivity contribution in [2.24, 2.45) is 5.92 Å². The van der Waals surface area contributed by atoms with E-state index in [0.29, 0.717) is 0 Å². The van der Waals surface area contributed by atoms with Crippen LogP contribution < -0.4 is 5.32 Å². The van der Waals surface area contributed by atoms with Gasteiger partial charge >= 0.3 is 0 Å². The van der Waals surface area contributed by atoms with Crippen LogP contribution >= 0.6 is 0 Å². The van der Waals surface area contributed by atoms with Gasteiger partial charge in [-0.15, -0.1) is 0 Å². The molecular formula is C18H23N3O. The monoisotopic (exact) mass is 297 g/mol. The van der Waals surface area contributed by atoms with Crippen LogP contribution in [0.15, 0.2) is 36.5 Å². The third-order valence-corrected chi connectivity index (χ3v) is 4.61. The van der Waals surface area contributed by atoms with E-state index in [1.165, 1.54) is 11.1 Å². The molecule has 1 amide bonds. The maximum absolute atomic E-state index is 12.2. The molecule has 0 spiro atoms. The maximum Gasteiger partial charge on any atom is 0.228 e. The zero-order valence-electron chi connectivity index (χ0n) is 13.2. The first-order valence-electron chi connectivity index (χ1n) is 8.13. The highest BCUT2D eigenvalue weighted by Gasteiger charge is 2.24. The van der Waals surface area contributed by atoms with Gasteiger partial charge in [0.15, 0.2) is 0 Å². The topological polar surface area (TPSA) is 46.9 Å². The van der Waals surface area contributed by atoms with Crippen LogP contribution in [0.4, 0.5) is 5.82 Å². The Hall–Kier alpha value is -2.10. The fraction of sp³-hybridized carbons (Fsp3) is 0.444. The highest BCUT2D eigenvalue weighted by Crippen LogP contribution is 2.34. The molecule has 1 aromatic carbocycles. The molecule has 0 bridgehead atoms. The third kappa shape index (κ3) is 2.78. The lowest BCUT2D eigenvalue weighted by Crippen LogP contribution is -2.25. The molecule has 0 aliphatic heterocycles. The number of benzene rings is 1. The number of nitrogens with zero attached hydrogens (tertiary/aromatic N) is 2. The Balaban J connectivity index is 1.88. The van der Waals surface area contributed by atoms with Crippen molar-refractivity contribution in [2.45, 2.75) is 45.6 Å². The highest BCUT2D eigenvalue weighted by atomic mass is 16.2. The number of nitrogens with one attached hydrogen (secondary N) is 1. The molecular weight excluding hydrogens is 274 g/mol. The quantitative estimate of drug-likeness (QED) is 0.933. The van der Waals surface area contributed by atoms with Crippen molar-refractivity contribution in [3.05, 3.63) is 47.7 Å². The van der Waals surface area contributed by atoms with Gasteiger partial charge in [0.05, 0.1) is 12.2 Å². The Bertz CT molecular complexity index is 662. The summed E-state index contributed by atoms with van der Waals surface area (Å²) in [5, 5.41) is 7.51. The standard InChI is InChI=1S/C18H23N3O/c1-3-13(2)18(22)20-17-11-12-19-21(17)16-10-6-8-14-7-4-5-9-15(14)16/h4-5,7,9,11-13,16H,3,6,8,10H2,1-2H3,(H,20,22)/t13-,16+/m1/s1. The minimum atomic E-state index is 0.0157. The molecule has 0 saturated heterocycles. The number of aromatic nitrogens is 2. The Morgan fingerprint density at radius 1 is 1.41 bits per heavy atom. The summed E-state index contributed by atoms with van der Waals surface area (Å²) in [7, 11) is 0. The summed E-state index contributed by atoms with van der Waals surface area (Å²) < 4.78 is 1.97. The molecule has 4 heteroatoms. The molecule has 0 saturated carbocycles. The van der Waals surface area contributed by atoms with Gasteiger partial charge in [0.25, 0.3) is 0 Å². The van der Waals surface area contributed by atoms with Crippen molar-refractivity contribution >= 4 is 11.7 Å². The number of hydrogen-bond donors (Lipinski definition) is 1. The summed E-state index contributed by atoms with van der Waals surface area (Å²) in [5.74, 6) is 0.877. The number of carbonyl (C=O) groups is 1. The fourth-order valence-electron chi connectivity index (χ4n) is 3.08. The lowest BCUT2D eigenvalue weighted by atomic mass is 9.88. The van der Waals surface area contributed by atoms with Gasteiger partial charge in [0.2, 0.25) is 5.91 Å². The minimum absolute atomic E-state index is 0.0157. The van der Waals surface area contributed by atoms with Gasteiger partial charge in [-0.05, 0) is 36.8 Å².